The number of anilines is 1. The Balaban J connectivity index is 2.04. The minimum atomic E-state index is -3.50. The highest BCUT2D eigenvalue weighted by molar-refractivity contribution is 14.1. The fraction of sp³-hybridized carbons (Fsp3) is 0.222. The molecule has 0 radical (unpaired) electrons. The first kappa shape index (κ1) is 21.7. The van der Waals surface area contributed by atoms with Crippen LogP contribution in [0.5, 0.6) is 0 Å². The Labute approximate surface area is 178 Å². The number of sulfonamides is 1. The molecule has 0 saturated heterocycles. The summed E-state index contributed by atoms with van der Waals surface area (Å²) in [5, 5.41) is 5.62. The monoisotopic (exact) mass is 517 g/mol. The molecule has 144 valence electrons. The van der Waals surface area contributed by atoms with Crippen molar-refractivity contribution in [1.82, 2.24) is 9.62 Å². The Hall–Kier alpha value is -1.56. The lowest BCUT2D eigenvalue weighted by atomic mass is 10.2. The molecule has 1 amide bonds. The van der Waals surface area contributed by atoms with Crippen molar-refractivity contribution in [2.24, 2.45) is 0 Å². The largest absolute Gasteiger partial charge is 0.332 e. The smallest absolute Gasteiger partial charge is 0.257 e. The van der Waals surface area contributed by atoms with E-state index in [9.17, 15) is 13.2 Å². The van der Waals surface area contributed by atoms with Crippen LogP contribution in [0.15, 0.2) is 53.4 Å². The first-order valence-electron chi connectivity index (χ1n) is 8.26. The number of carbonyl (C=O) groups excluding carboxylic acids is 1. The molecule has 2 N–H and O–H groups in total. The van der Waals surface area contributed by atoms with Crippen molar-refractivity contribution in [2.45, 2.75) is 18.7 Å². The molecule has 0 aliphatic carbocycles. The van der Waals surface area contributed by atoms with Crippen molar-refractivity contribution >= 4 is 61.5 Å². The van der Waals surface area contributed by atoms with Crippen LogP contribution in [0.3, 0.4) is 0 Å². The molecule has 0 fully saturated rings. The van der Waals surface area contributed by atoms with Crippen LogP contribution in [0.4, 0.5) is 5.69 Å². The van der Waals surface area contributed by atoms with E-state index in [1.165, 1.54) is 16.4 Å². The number of benzene rings is 2. The van der Waals surface area contributed by atoms with Crippen molar-refractivity contribution in [3.8, 4) is 0 Å². The third-order valence-corrected chi connectivity index (χ3v) is 6.71. The van der Waals surface area contributed by atoms with Crippen LogP contribution in [-0.2, 0) is 10.0 Å². The summed E-state index contributed by atoms with van der Waals surface area (Å²) in [6, 6.07) is 13.4. The molecule has 0 aromatic heterocycles. The minimum absolute atomic E-state index is 0.137. The van der Waals surface area contributed by atoms with Crippen LogP contribution in [0.2, 0.25) is 0 Å². The maximum absolute atomic E-state index is 12.5. The molecule has 0 atom stereocenters. The summed E-state index contributed by atoms with van der Waals surface area (Å²) in [4.78, 5) is 12.4. The predicted molar refractivity (Wildman–Crippen MR) is 119 cm³/mol. The van der Waals surface area contributed by atoms with Crippen molar-refractivity contribution in [3.05, 3.63) is 57.7 Å². The van der Waals surface area contributed by atoms with Gasteiger partial charge in [0, 0.05) is 27.9 Å². The summed E-state index contributed by atoms with van der Waals surface area (Å²) >= 11 is 7.29. The zero-order valence-corrected chi connectivity index (χ0v) is 18.7. The molecule has 0 heterocycles. The molecule has 0 unspecified atom stereocenters. The molecule has 2 rings (SSSR count). The van der Waals surface area contributed by atoms with Gasteiger partial charge in [-0.05, 0) is 77.3 Å². The van der Waals surface area contributed by atoms with Crippen molar-refractivity contribution in [1.29, 1.82) is 0 Å². The zero-order valence-electron chi connectivity index (χ0n) is 14.9. The molecule has 2 aromatic carbocycles. The second-order valence-corrected chi connectivity index (χ2v) is 9.12. The number of thiocarbonyl (C=S) groups is 1. The van der Waals surface area contributed by atoms with Gasteiger partial charge in [0.15, 0.2) is 5.11 Å². The molecule has 0 aliphatic rings. The zero-order chi connectivity index (χ0) is 20.0. The third-order valence-electron chi connectivity index (χ3n) is 3.77. The highest BCUT2D eigenvalue weighted by Crippen LogP contribution is 2.18. The summed E-state index contributed by atoms with van der Waals surface area (Å²) in [6.45, 7) is 4.42. The number of nitrogens with one attached hydrogen (secondary N) is 2. The fourth-order valence-electron chi connectivity index (χ4n) is 2.39. The van der Waals surface area contributed by atoms with Gasteiger partial charge >= 0.3 is 0 Å². The van der Waals surface area contributed by atoms with E-state index in [0.29, 0.717) is 24.3 Å². The van der Waals surface area contributed by atoms with Crippen molar-refractivity contribution in [2.75, 3.05) is 18.4 Å². The van der Waals surface area contributed by atoms with Crippen LogP contribution in [0, 0.1) is 3.57 Å². The number of hydrogen-bond donors (Lipinski definition) is 2. The van der Waals surface area contributed by atoms with E-state index in [0.717, 1.165) is 3.57 Å². The maximum Gasteiger partial charge on any atom is 0.257 e. The Morgan fingerprint density at radius 3 is 2.30 bits per heavy atom. The number of amides is 1. The van der Waals surface area contributed by atoms with Gasteiger partial charge in [0.25, 0.3) is 5.91 Å². The fourth-order valence-corrected chi connectivity index (χ4v) is 4.60. The van der Waals surface area contributed by atoms with Crippen LogP contribution in [0.25, 0.3) is 0 Å². The SMILES string of the molecule is CCN(CC)S(=O)(=O)c1ccc(NC(=S)NC(=O)c2cccc(I)c2)cc1. The van der Waals surface area contributed by atoms with Crippen molar-refractivity contribution in [3.63, 3.8) is 0 Å². The Morgan fingerprint density at radius 1 is 1.11 bits per heavy atom. The third kappa shape index (κ3) is 5.71. The second-order valence-electron chi connectivity index (χ2n) is 5.53. The summed E-state index contributed by atoms with van der Waals surface area (Å²) in [6.07, 6.45) is 0. The molecule has 27 heavy (non-hydrogen) atoms. The lowest BCUT2D eigenvalue weighted by molar-refractivity contribution is 0.0977. The number of rotatable bonds is 6. The van der Waals surface area contributed by atoms with Crippen LogP contribution in [0.1, 0.15) is 24.2 Å². The van der Waals surface area contributed by atoms with Crippen LogP contribution < -0.4 is 10.6 Å². The number of carbonyl (C=O) groups is 1. The van der Waals surface area contributed by atoms with Gasteiger partial charge in [0.1, 0.15) is 0 Å². The summed E-state index contributed by atoms with van der Waals surface area (Å²) in [5.74, 6) is -0.313. The lowest BCUT2D eigenvalue weighted by Crippen LogP contribution is -2.34. The van der Waals surface area contributed by atoms with Gasteiger partial charge in [0.2, 0.25) is 10.0 Å². The molecular formula is C18H20IN3O3S2. The van der Waals surface area contributed by atoms with E-state index >= 15 is 0 Å². The Bertz CT molecular complexity index is 927. The molecule has 6 nitrogen and oxygen atoms in total. The van der Waals surface area contributed by atoms with E-state index in [1.807, 2.05) is 6.07 Å². The summed E-state index contributed by atoms with van der Waals surface area (Å²) < 4.78 is 27.3. The van der Waals surface area contributed by atoms with E-state index in [-0.39, 0.29) is 15.9 Å². The van der Waals surface area contributed by atoms with Crippen LogP contribution in [-0.4, -0.2) is 36.8 Å². The highest BCUT2D eigenvalue weighted by atomic mass is 127. The van der Waals surface area contributed by atoms with Gasteiger partial charge in [0.05, 0.1) is 4.90 Å². The van der Waals surface area contributed by atoms with E-state index in [2.05, 4.69) is 33.2 Å². The normalized spacial score (nSPS) is 11.3. The molecule has 0 spiro atoms. The van der Waals surface area contributed by atoms with E-state index in [4.69, 9.17) is 12.2 Å². The number of hydrogen-bond acceptors (Lipinski definition) is 4. The van der Waals surface area contributed by atoms with Gasteiger partial charge in [-0.15, -0.1) is 0 Å². The quantitative estimate of drug-likeness (QED) is 0.454. The molecule has 9 heteroatoms. The minimum Gasteiger partial charge on any atom is -0.332 e. The Morgan fingerprint density at radius 2 is 1.74 bits per heavy atom. The van der Waals surface area contributed by atoms with Gasteiger partial charge in [-0.1, -0.05) is 19.9 Å². The van der Waals surface area contributed by atoms with Gasteiger partial charge in [-0.25, -0.2) is 8.42 Å². The predicted octanol–water partition coefficient (Wildman–Crippen LogP) is 3.45. The number of halogens is 1. The molecule has 0 bridgehead atoms. The lowest BCUT2D eigenvalue weighted by Gasteiger charge is -2.18. The number of nitrogens with zero attached hydrogens (tertiary/aromatic N) is 1. The average Bonchev–Trinajstić information content (AvgIpc) is 2.62. The molecule has 0 saturated carbocycles. The van der Waals surface area contributed by atoms with Gasteiger partial charge in [-0.3, -0.25) is 10.1 Å². The highest BCUT2D eigenvalue weighted by Gasteiger charge is 2.21. The standard InChI is InChI=1S/C18H20IN3O3S2/c1-3-22(4-2)27(24,25)16-10-8-15(9-11-16)20-18(26)21-17(23)13-6-5-7-14(19)12-13/h5-12H,3-4H2,1-2H3,(H2,20,21,23,26). The first-order chi connectivity index (χ1) is 12.8. The molecular weight excluding hydrogens is 497 g/mol. The summed E-state index contributed by atoms with van der Waals surface area (Å²) in [7, 11) is -3.50. The van der Waals surface area contributed by atoms with E-state index in [1.54, 1.807) is 44.2 Å². The van der Waals surface area contributed by atoms with Gasteiger partial charge < -0.3 is 5.32 Å². The first-order valence-corrected chi connectivity index (χ1v) is 11.2. The van der Waals surface area contributed by atoms with Crippen LogP contribution >= 0.6 is 34.8 Å². The molecule has 2 aromatic rings. The average molecular weight is 517 g/mol. The maximum atomic E-state index is 12.5. The summed E-state index contributed by atoms with van der Waals surface area (Å²) in [5.41, 5.74) is 1.09. The van der Waals surface area contributed by atoms with Crippen molar-refractivity contribution < 1.29 is 13.2 Å². The molecule has 0 aliphatic heterocycles. The second kappa shape index (κ2) is 9.58. The Kier molecular flexibility index (Phi) is 7.71. The van der Waals surface area contributed by atoms with E-state index < -0.39 is 10.0 Å². The van der Waals surface area contributed by atoms with Gasteiger partial charge in [-0.2, -0.15) is 4.31 Å². The topological polar surface area (TPSA) is 78.5 Å².